The van der Waals surface area contributed by atoms with Gasteiger partial charge in [0.15, 0.2) is 0 Å². The van der Waals surface area contributed by atoms with Gasteiger partial charge in [0.1, 0.15) is 0 Å². The maximum Gasteiger partial charge on any atom is 0.337 e. The largest absolute Gasteiger partial charge is 0.350 e. The molecule has 1 unspecified atom stereocenters. The fourth-order valence-corrected chi connectivity index (χ4v) is 2.24. The van der Waals surface area contributed by atoms with Gasteiger partial charge in [0.25, 0.3) is 0 Å². The Morgan fingerprint density at radius 3 is 2.31 bits per heavy atom. The molecule has 78 valence electrons. The van der Waals surface area contributed by atoms with Gasteiger partial charge in [0.05, 0.1) is 0 Å². The van der Waals surface area contributed by atoms with Crippen molar-refractivity contribution >= 4 is 24.6 Å². The molecule has 0 rings (SSSR count). The highest BCUT2D eigenvalue weighted by Gasteiger charge is 2.25. The molecule has 0 saturated carbocycles. The van der Waals surface area contributed by atoms with Gasteiger partial charge in [-0.1, -0.05) is 6.92 Å². The van der Waals surface area contributed by atoms with Gasteiger partial charge >= 0.3 is 6.03 Å². The number of nitrogens with two attached hydrogens (primary N) is 1. The highest BCUT2D eigenvalue weighted by Crippen LogP contribution is 2.10. The van der Waals surface area contributed by atoms with Crippen LogP contribution in [0.3, 0.4) is 0 Å². The Hall–Kier alpha value is -0.336. The zero-order chi connectivity index (χ0) is 10.6. The van der Waals surface area contributed by atoms with Crippen molar-refractivity contribution in [1.29, 1.82) is 0 Å². The minimum absolute atomic E-state index is 0.184. The van der Waals surface area contributed by atoms with Crippen molar-refractivity contribution in [2.45, 2.75) is 38.7 Å². The van der Waals surface area contributed by atoms with Crippen molar-refractivity contribution in [3.8, 4) is 0 Å². The van der Waals surface area contributed by atoms with Crippen molar-refractivity contribution in [2.24, 2.45) is 5.73 Å². The molecular weight excluding hydrogens is 200 g/mol. The van der Waals surface area contributed by atoms with E-state index in [1.807, 2.05) is 26.6 Å². The average molecular weight is 220 g/mol. The lowest BCUT2D eigenvalue weighted by Gasteiger charge is -2.31. The molecule has 1 atom stereocenters. The van der Waals surface area contributed by atoms with E-state index < -0.39 is 14.3 Å². The number of hydrogen-bond donors (Lipinski definition) is 1. The zero-order valence-corrected chi connectivity index (χ0v) is 12.1. The lowest BCUT2D eigenvalue weighted by Crippen LogP contribution is -2.49. The van der Waals surface area contributed by atoms with Crippen LogP contribution >= 0.6 is 0 Å². The van der Waals surface area contributed by atoms with Gasteiger partial charge in [0, 0.05) is 15.9 Å². The summed E-state index contributed by atoms with van der Waals surface area (Å²) in [5.41, 5.74) is 5.41. The van der Waals surface area contributed by atoms with Crippen LogP contribution in [0, 0.1) is 0 Å². The van der Waals surface area contributed by atoms with Crippen molar-refractivity contribution in [3.63, 3.8) is 0 Å². The van der Waals surface area contributed by atoms with Crippen LogP contribution in [-0.2, 0) is 4.53 Å². The van der Waals surface area contributed by atoms with Crippen molar-refractivity contribution < 1.29 is 9.32 Å². The fourth-order valence-electron chi connectivity index (χ4n) is 0.813. The molecule has 0 radical (unpaired) electrons. The number of urea groups is 1. The molecule has 0 aromatic heterocycles. The van der Waals surface area contributed by atoms with Crippen molar-refractivity contribution in [3.05, 3.63) is 0 Å². The monoisotopic (exact) mass is 220 g/mol. The van der Waals surface area contributed by atoms with Crippen LogP contribution in [0.2, 0.25) is 19.6 Å². The molecule has 4 nitrogen and oxygen atoms in total. The van der Waals surface area contributed by atoms with E-state index in [0.29, 0.717) is 0 Å². The lowest BCUT2D eigenvalue weighted by atomic mass is 10.5. The van der Waals surface area contributed by atoms with E-state index >= 15 is 0 Å². The summed E-state index contributed by atoms with van der Waals surface area (Å²) in [5, 5.41) is 1.36. The van der Waals surface area contributed by atoms with Gasteiger partial charge in [-0.15, -0.1) is 0 Å². The predicted octanol–water partition coefficient (Wildman–Crippen LogP) is 0.235. The second-order valence-electron chi connectivity index (χ2n) is 4.12. The second kappa shape index (κ2) is 4.78. The van der Waals surface area contributed by atoms with Crippen molar-refractivity contribution in [1.82, 2.24) is 5.06 Å². The molecule has 0 aromatic rings. The SMILES string of the molecule is CCC([SiH3])N(O[Si](C)(C)C)C(N)=O. The summed E-state index contributed by atoms with van der Waals surface area (Å²) in [7, 11) is -0.828. The number of nitrogens with zero attached hydrogens (tertiary/aromatic N) is 1. The van der Waals surface area contributed by atoms with Gasteiger partial charge in [-0.3, -0.25) is 0 Å². The number of amides is 2. The maximum atomic E-state index is 11.0. The van der Waals surface area contributed by atoms with E-state index in [2.05, 4.69) is 0 Å². The third-order valence-electron chi connectivity index (χ3n) is 1.58. The molecule has 0 aliphatic carbocycles. The van der Waals surface area contributed by atoms with Crippen molar-refractivity contribution in [2.75, 3.05) is 0 Å². The molecule has 0 saturated heterocycles. The standard InChI is InChI=1S/C7H20N2O2Si2/c1-5-6(12)9(7(8)10)11-13(2,3)4/h6H,5H2,1-4,12H3,(H2,8,10). The Balaban J connectivity index is 4.36. The van der Waals surface area contributed by atoms with Gasteiger partial charge in [-0.25, -0.2) is 9.86 Å². The molecule has 0 aliphatic rings. The molecule has 0 bridgehead atoms. The van der Waals surface area contributed by atoms with Crippen LogP contribution in [0.1, 0.15) is 13.3 Å². The van der Waals surface area contributed by atoms with Gasteiger partial charge < -0.3 is 10.3 Å². The highest BCUT2D eigenvalue weighted by molar-refractivity contribution is 6.69. The Bertz CT molecular complexity index is 182. The van der Waals surface area contributed by atoms with E-state index in [0.717, 1.165) is 16.7 Å². The van der Waals surface area contributed by atoms with Gasteiger partial charge in [-0.2, -0.15) is 0 Å². The van der Waals surface area contributed by atoms with Crippen LogP contribution < -0.4 is 5.73 Å². The van der Waals surface area contributed by atoms with E-state index in [-0.39, 0.29) is 5.67 Å². The van der Waals surface area contributed by atoms with Crippen LogP contribution in [0.25, 0.3) is 0 Å². The molecule has 0 heterocycles. The first kappa shape index (κ1) is 12.7. The summed E-state index contributed by atoms with van der Waals surface area (Å²) < 4.78 is 5.58. The highest BCUT2D eigenvalue weighted by atomic mass is 28.4. The first-order valence-corrected chi connectivity index (χ1v) is 9.12. The summed E-state index contributed by atoms with van der Waals surface area (Å²) in [5.74, 6) is 0. The summed E-state index contributed by atoms with van der Waals surface area (Å²) in [6, 6.07) is -0.468. The Morgan fingerprint density at radius 2 is 2.08 bits per heavy atom. The molecule has 2 amide bonds. The first-order valence-electron chi connectivity index (χ1n) is 4.55. The fraction of sp³-hybridized carbons (Fsp3) is 0.857. The quantitative estimate of drug-likeness (QED) is 0.545. The van der Waals surface area contributed by atoms with Crippen LogP contribution in [-0.4, -0.2) is 35.3 Å². The Morgan fingerprint density at radius 1 is 1.62 bits per heavy atom. The van der Waals surface area contributed by atoms with Crippen LogP contribution in [0.4, 0.5) is 4.79 Å². The summed E-state index contributed by atoms with van der Waals surface area (Å²) in [4.78, 5) is 11.0. The predicted molar refractivity (Wildman–Crippen MR) is 59.9 cm³/mol. The van der Waals surface area contributed by atoms with E-state index in [1.54, 1.807) is 0 Å². The van der Waals surface area contributed by atoms with Gasteiger partial charge in [0.2, 0.25) is 8.32 Å². The number of carbonyl (C=O) groups excluding carboxylic acids is 1. The van der Waals surface area contributed by atoms with E-state index in [4.69, 9.17) is 10.3 Å². The number of hydrogen-bond acceptors (Lipinski definition) is 2. The number of rotatable bonds is 4. The zero-order valence-electron chi connectivity index (χ0n) is 9.13. The van der Waals surface area contributed by atoms with E-state index in [1.165, 1.54) is 5.06 Å². The lowest BCUT2D eigenvalue weighted by molar-refractivity contribution is -0.0311. The molecule has 0 spiro atoms. The summed E-state index contributed by atoms with van der Waals surface area (Å²) in [6.07, 6.45) is 0.902. The third-order valence-corrected chi connectivity index (χ3v) is 3.61. The average Bonchev–Trinajstić information content (AvgIpc) is 1.96. The minimum Gasteiger partial charge on any atom is -0.350 e. The number of hydroxylamine groups is 2. The normalized spacial score (nSPS) is 14.2. The van der Waals surface area contributed by atoms with E-state index in [9.17, 15) is 4.79 Å². The maximum absolute atomic E-state index is 11.0. The summed E-state index contributed by atoms with van der Waals surface area (Å²) >= 11 is 0. The smallest absolute Gasteiger partial charge is 0.337 e. The van der Waals surface area contributed by atoms with Gasteiger partial charge in [-0.05, 0) is 26.1 Å². The molecule has 13 heavy (non-hydrogen) atoms. The molecule has 2 N–H and O–H groups in total. The first-order chi connectivity index (χ1) is 5.78. The molecule has 0 aliphatic heterocycles. The summed E-state index contributed by atoms with van der Waals surface area (Å²) in [6.45, 7) is 8.13. The molecule has 0 aromatic carbocycles. The number of carbonyl (C=O) groups is 1. The van der Waals surface area contributed by atoms with Crippen LogP contribution in [0.5, 0.6) is 0 Å². The Labute approximate surface area is 83.9 Å². The molecule has 6 heteroatoms. The second-order valence-corrected chi connectivity index (χ2v) is 9.87. The minimum atomic E-state index is -1.71. The molecular formula is C7H20N2O2Si2. The van der Waals surface area contributed by atoms with Crippen LogP contribution in [0.15, 0.2) is 0 Å². The molecule has 0 fully saturated rings. The third kappa shape index (κ3) is 5.07. The topological polar surface area (TPSA) is 55.6 Å². The Kier molecular flexibility index (Phi) is 4.65. The number of primary amides is 1.